The van der Waals surface area contributed by atoms with Crippen LogP contribution in [-0.4, -0.2) is 29.1 Å². The molecule has 6 heteroatoms. The van der Waals surface area contributed by atoms with E-state index >= 15 is 0 Å². The number of hydrogen-bond donors (Lipinski definition) is 1. The fourth-order valence-electron chi connectivity index (χ4n) is 3.58. The Bertz CT molecular complexity index is 610. The molecule has 1 rings (SSSR count). The Balaban J connectivity index is 1.97. The van der Waals surface area contributed by atoms with Gasteiger partial charge in [0.25, 0.3) is 0 Å². The van der Waals surface area contributed by atoms with Crippen LogP contribution < -0.4 is 15.2 Å². The molecule has 2 N–H and O–H groups in total. The lowest BCUT2D eigenvalue weighted by Crippen LogP contribution is -2.09. The number of aromatic nitrogens is 2. The number of nitrogens with two attached hydrogens (primary N) is 1. The highest BCUT2D eigenvalue weighted by Crippen LogP contribution is 2.17. The minimum absolute atomic E-state index is 0.178. The molecule has 1 aromatic rings. The van der Waals surface area contributed by atoms with Crippen LogP contribution in [0.1, 0.15) is 110 Å². The molecule has 32 heavy (non-hydrogen) atoms. The number of primary amides is 1. The summed E-state index contributed by atoms with van der Waals surface area (Å²) in [5.74, 6) is 1.85. The molecule has 0 aromatic carbocycles. The monoisotopic (exact) mass is 447 g/mol. The zero-order chi connectivity index (χ0) is 23.3. The van der Waals surface area contributed by atoms with Gasteiger partial charge in [-0.1, -0.05) is 57.1 Å². The summed E-state index contributed by atoms with van der Waals surface area (Å²) in [7, 11) is 0. The topological polar surface area (TPSA) is 87.3 Å². The van der Waals surface area contributed by atoms with Crippen LogP contribution in [-0.2, 0) is 11.2 Å². The lowest BCUT2D eigenvalue weighted by Gasteiger charge is -2.08. The second-order valence-corrected chi connectivity index (χ2v) is 8.23. The first-order valence-electron chi connectivity index (χ1n) is 12.7. The Labute approximate surface area is 195 Å². The van der Waals surface area contributed by atoms with Crippen molar-refractivity contribution < 1.29 is 14.3 Å². The van der Waals surface area contributed by atoms with E-state index in [1.165, 1.54) is 64.2 Å². The summed E-state index contributed by atoms with van der Waals surface area (Å²) in [6.45, 7) is 5.10. The van der Waals surface area contributed by atoms with Gasteiger partial charge in [0.2, 0.25) is 17.7 Å². The van der Waals surface area contributed by atoms with Crippen molar-refractivity contribution in [1.29, 1.82) is 0 Å². The van der Waals surface area contributed by atoms with Gasteiger partial charge in [0.1, 0.15) is 5.82 Å². The van der Waals surface area contributed by atoms with Gasteiger partial charge in [0, 0.05) is 12.8 Å². The number of allylic oxidation sites excluding steroid dienone is 2. The average Bonchev–Trinajstić information content (AvgIpc) is 2.76. The zero-order valence-corrected chi connectivity index (χ0v) is 20.4. The summed E-state index contributed by atoms with van der Waals surface area (Å²) < 4.78 is 11.0. The molecule has 1 aromatic heterocycles. The third kappa shape index (κ3) is 15.7. The maximum absolute atomic E-state index is 10.7. The SMILES string of the molecule is CCOc1cc(OCC)nc(CCCCCCCCC=CCCCCCCCC(N)=O)n1. The first kappa shape index (κ1) is 27.9. The number of hydrogen-bond acceptors (Lipinski definition) is 5. The van der Waals surface area contributed by atoms with Crippen LogP contribution in [0.2, 0.25) is 0 Å². The quantitative estimate of drug-likeness (QED) is 0.176. The van der Waals surface area contributed by atoms with Gasteiger partial charge in [-0.3, -0.25) is 4.79 Å². The molecule has 1 heterocycles. The second-order valence-electron chi connectivity index (χ2n) is 8.23. The van der Waals surface area contributed by atoms with Crippen LogP contribution in [0.5, 0.6) is 11.8 Å². The highest BCUT2D eigenvalue weighted by Gasteiger charge is 2.06. The largest absolute Gasteiger partial charge is 0.478 e. The Morgan fingerprint density at radius 3 is 1.75 bits per heavy atom. The van der Waals surface area contributed by atoms with Gasteiger partial charge >= 0.3 is 0 Å². The molecule has 1 amide bonds. The van der Waals surface area contributed by atoms with Gasteiger partial charge in [0.05, 0.1) is 19.3 Å². The van der Waals surface area contributed by atoms with E-state index in [-0.39, 0.29) is 5.91 Å². The van der Waals surface area contributed by atoms with E-state index in [0.29, 0.717) is 31.4 Å². The lowest BCUT2D eigenvalue weighted by atomic mass is 10.1. The molecule has 0 aliphatic heterocycles. The predicted molar refractivity (Wildman–Crippen MR) is 131 cm³/mol. The summed E-state index contributed by atoms with van der Waals surface area (Å²) in [6, 6.07) is 1.76. The maximum Gasteiger partial charge on any atom is 0.220 e. The molecule has 6 nitrogen and oxygen atoms in total. The van der Waals surface area contributed by atoms with Crippen molar-refractivity contribution >= 4 is 5.91 Å². The van der Waals surface area contributed by atoms with Crippen LogP contribution in [0.3, 0.4) is 0 Å². The molecule has 0 radical (unpaired) electrons. The Morgan fingerprint density at radius 1 is 0.781 bits per heavy atom. The first-order chi connectivity index (χ1) is 15.7. The van der Waals surface area contributed by atoms with Gasteiger partial charge in [-0.2, -0.15) is 9.97 Å². The molecule has 0 bridgehead atoms. The van der Waals surface area contributed by atoms with Crippen molar-refractivity contribution in [3.05, 3.63) is 24.0 Å². The number of carbonyl (C=O) groups excluding carboxylic acids is 1. The van der Waals surface area contributed by atoms with E-state index in [0.717, 1.165) is 31.5 Å². The van der Waals surface area contributed by atoms with E-state index < -0.39 is 0 Å². The summed E-state index contributed by atoms with van der Waals surface area (Å²) in [5.41, 5.74) is 5.14. The first-order valence-corrected chi connectivity index (χ1v) is 12.7. The molecule has 0 spiro atoms. The van der Waals surface area contributed by atoms with Gasteiger partial charge in [-0.15, -0.1) is 0 Å². The van der Waals surface area contributed by atoms with Crippen LogP contribution in [0.4, 0.5) is 0 Å². The molecule has 0 atom stereocenters. The van der Waals surface area contributed by atoms with E-state index in [4.69, 9.17) is 15.2 Å². The standard InChI is InChI=1S/C26H45N3O3/c1-3-31-25-22-26(32-4-2)29-24(28-25)21-19-17-15-13-11-9-7-5-6-8-10-12-14-16-18-20-23(27)30/h5-6,22H,3-4,7-21H2,1-2H3,(H2,27,30). The molecule has 0 aliphatic rings. The molecule has 0 saturated heterocycles. The third-order valence-corrected chi connectivity index (χ3v) is 5.29. The number of ether oxygens (including phenoxy) is 2. The number of aryl methyl sites for hydroxylation is 1. The summed E-state index contributed by atoms with van der Waals surface area (Å²) >= 11 is 0. The van der Waals surface area contributed by atoms with Gasteiger partial charge < -0.3 is 15.2 Å². The van der Waals surface area contributed by atoms with Crippen LogP contribution in [0, 0.1) is 0 Å². The average molecular weight is 448 g/mol. The Morgan fingerprint density at radius 2 is 1.25 bits per heavy atom. The molecule has 0 fully saturated rings. The summed E-state index contributed by atoms with van der Waals surface area (Å²) in [4.78, 5) is 19.6. The minimum atomic E-state index is -0.178. The van der Waals surface area contributed by atoms with Gasteiger partial charge in [0.15, 0.2) is 0 Å². The number of rotatable bonds is 21. The van der Waals surface area contributed by atoms with Crippen molar-refractivity contribution in [2.75, 3.05) is 13.2 Å². The Kier molecular flexibility index (Phi) is 17.1. The Hall–Kier alpha value is -2.11. The van der Waals surface area contributed by atoms with Crippen LogP contribution in [0.25, 0.3) is 0 Å². The minimum Gasteiger partial charge on any atom is -0.478 e. The van der Waals surface area contributed by atoms with Crippen molar-refractivity contribution in [3.8, 4) is 11.8 Å². The predicted octanol–water partition coefficient (Wildman–Crippen LogP) is 6.32. The highest BCUT2D eigenvalue weighted by atomic mass is 16.5. The van der Waals surface area contributed by atoms with Gasteiger partial charge in [-0.05, 0) is 52.4 Å². The van der Waals surface area contributed by atoms with Crippen molar-refractivity contribution in [2.45, 2.75) is 110 Å². The number of carbonyl (C=O) groups is 1. The van der Waals surface area contributed by atoms with Crippen LogP contribution >= 0.6 is 0 Å². The molecular formula is C26H45N3O3. The molecule has 0 unspecified atom stereocenters. The summed E-state index contributed by atoms with van der Waals surface area (Å²) in [6.07, 6.45) is 21.6. The number of nitrogens with zero attached hydrogens (tertiary/aromatic N) is 2. The van der Waals surface area contributed by atoms with E-state index in [1.807, 2.05) is 13.8 Å². The van der Waals surface area contributed by atoms with Crippen LogP contribution in [0.15, 0.2) is 18.2 Å². The van der Waals surface area contributed by atoms with E-state index in [2.05, 4.69) is 22.1 Å². The fraction of sp³-hybridized carbons (Fsp3) is 0.731. The molecule has 0 saturated carbocycles. The molecule has 0 aliphatic carbocycles. The highest BCUT2D eigenvalue weighted by molar-refractivity contribution is 5.73. The van der Waals surface area contributed by atoms with E-state index in [9.17, 15) is 4.79 Å². The molecular weight excluding hydrogens is 402 g/mol. The van der Waals surface area contributed by atoms with E-state index in [1.54, 1.807) is 6.07 Å². The van der Waals surface area contributed by atoms with Gasteiger partial charge in [-0.25, -0.2) is 0 Å². The molecule has 182 valence electrons. The van der Waals surface area contributed by atoms with Crippen molar-refractivity contribution in [2.24, 2.45) is 5.73 Å². The maximum atomic E-state index is 10.7. The number of amides is 1. The normalized spacial score (nSPS) is 11.2. The third-order valence-electron chi connectivity index (χ3n) is 5.29. The second kappa shape index (κ2) is 19.6. The summed E-state index contributed by atoms with van der Waals surface area (Å²) in [5, 5.41) is 0. The smallest absolute Gasteiger partial charge is 0.220 e. The van der Waals surface area contributed by atoms with Crippen molar-refractivity contribution in [1.82, 2.24) is 9.97 Å². The number of unbranched alkanes of at least 4 members (excludes halogenated alkanes) is 11. The van der Waals surface area contributed by atoms with Crippen molar-refractivity contribution in [3.63, 3.8) is 0 Å². The zero-order valence-electron chi connectivity index (χ0n) is 20.4. The lowest BCUT2D eigenvalue weighted by molar-refractivity contribution is -0.118. The fourth-order valence-corrected chi connectivity index (χ4v) is 3.58.